The highest BCUT2D eigenvalue weighted by atomic mass is 16.5. The van der Waals surface area contributed by atoms with Crippen LogP contribution in [0, 0.1) is 6.92 Å². The van der Waals surface area contributed by atoms with Crippen molar-refractivity contribution < 1.29 is 9.47 Å². The Morgan fingerprint density at radius 3 is 2.74 bits per heavy atom. The monoisotopic (exact) mass is 316 g/mol. The standard InChI is InChI=1S/C15H20N6O2/c1-8-5-9(6-10(22-3)12(8)23-4)19-15-20-11-13(16-2)17-7-18-14(11)21-15/h5-6,18H,7H2,1-4H3,(H,16,17)(H2,19,20,21). The Bertz CT molecular complexity index is 753. The van der Waals surface area contributed by atoms with E-state index in [-0.39, 0.29) is 0 Å². The highest BCUT2D eigenvalue weighted by molar-refractivity contribution is 6.03. The molecule has 1 aliphatic rings. The number of hydrogen-bond donors (Lipinski definition) is 4. The van der Waals surface area contributed by atoms with Crippen molar-refractivity contribution in [2.24, 2.45) is 4.99 Å². The molecular weight excluding hydrogens is 296 g/mol. The third-order valence-corrected chi connectivity index (χ3v) is 3.60. The Kier molecular flexibility index (Phi) is 3.96. The van der Waals surface area contributed by atoms with Crippen molar-refractivity contribution in [2.75, 3.05) is 38.6 Å². The summed E-state index contributed by atoms with van der Waals surface area (Å²) in [5, 5.41) is 9.56. The summed E-state index contributed by atoms with van der Waals surface area (Å²) in [6.07, 6.45) is 0. The molecule has 0 radical (unpaired) electrons. The van der Waals surface area contributed by atoms with Gasteiger partial charge in [-0.1, -0.05) is 0 Å². The van der Waals surface area contributed by atoms with E-state index in [1.54, 1.807) is 21.3 Å². The van der Waals surface area contributed by atoms with Gasteiger partial charge in [0.1, 0.15) is 11.5 Å². The van der Waals surface area contributed by atoms with Crippen molar-refractivity contribution in [1.29, 1.82) is 0 Å². The summed E-state index contributed by atoms with van der Waals surface area (Å²) in [5.41, 5.74) is 2.66. The van der Waals surface area contributed by atoms with E-state index >= 15 is 0 Å². The number of fused-ring (bicyclic) bond motifs is 1. The van der Waals surface area contributed by atoms with Crippen molar-refractivity contribution in [3.63, 3.8) is 0 Å². The molecule has 0 amide bonds. The summed E-state index contributed by atoms with van der Waals surface area (Å²) >= 11 is 0. The first kappa shape index (κ1) is 15.0. The average molecular weight is 316 g/mol. The van der Waals surface area contributed by atoms with Crippen LogP contribution < -0.4 is 25.4 Å². The predicted octanol–water partition coefficient (Wildman–Crippen LogP) is 1.83. The number of methoxy groups -OCH3 is 2. The van der Waals surface area contributed by atoms with Gasteiger partial charge in [-0.05, 0) is 18.6 Å². The second kappa shape index (κ2) is 6.07. The molecule has 8 heteroatoms. The summed E-state index contributed by atoms with van der Waals surface area (Å²) in [6, 6.07) is 3.84. The van der Waals surface area contributed by atoms with Crippen LogP contribution in [0.1, 0.15) is 11.3 Å². The molecule has 0 bridgehead atoms. The summed E-state index contributed by atoms with van der Waals surface area (Å²) < 4.78 is 10.7. The fourth-order valence-electron chi connectivity index (χ4n) is 2.59. The molecule has 1 aliphatic heterocycles. The van der Waals surface area contributed by atoms with E-state index in [2.05, 4.69) is 30.9 Å². The molecule has 0 atom stereocenters. The van der Waals surface area contributed by atoms with Crippen LogP contribution in [0.2, 0.25) is 0 Å². The molecule has 8 nitrogen and oxygen atoms in total. The lowest BCUT2D eigenvalue weighted by molar-refractivity contribution is 0.353. The third-order valence-electron chi connectivity index (χ3n) is 3.60. The molecule has 1 aromatic carbocycles. The number of hydrogen-bond acceptors (Lipinski definition) is 6. The van der Waals surface area contributed by atoms with Crippen LogP contribution in [0.15, 0.2) is 17.1 Å². The largest absolute Gasteiger partial charge is 0.493 e. The van der Waals surface area contributed by atoms with Gasteiger partial charge in [0.2, 0.25) is 5.95 Å². The van der Waals surface area contributed by atoms with Crippen LogP contribution >= 0.6 is 0 Å². The number of aliphatic imine (C=N–C) groups is 1. The molecule has 23 heavy (non-hydrogen) atoms. The Morgan fingerprint density at radius 2 is 2.04 bits per heavy atom. The number of amidine groups is 1. The van der Waals surface area contributed by atoms with Crippen LogP contribution in [-0.2, 0) is 0 Å². The maximum atomic E-state index is 5.37. The molecule has 0 spiro atoms. The molecule has 4 N–H and O–H groups in total. The zero-order valence-electron chi connectivity index (χ0n) is 13.6. The number of benzene rings is 1. The van der Waals surface area contributed by atoms with Crippen LogP contribution in [0.4, 0.5) is 17.5 Å². The van der Waals surface area contributed by atoms with E-state index in [0.29, 0.717) is 18.4 Å². The molecule has 2 heterocycles. The molecule has 1 aromatic heterocycles. The van der Waals surface area contributed by atoms with Gasteiger partial charge in [0.25, 0.3) is 0 Å². The fraction of sp³-hybridized carbons (Fsp3) is 0.333. The van der Waals surface area contributed by atoms with Crippen molar-refractivity contribution in [2.45, 2.75) is 6.92 Å². The van der Waals surface area contributed by atoms with Crippen molar-refractivity contribution in [1.82, 2.24) is 15.3 Å². The molecule has 0 saturated carbocycles. The van der Waals surface area contributed by atoms with E-state index in [0.717, 1.165) is 34.3 Å². The van der Waals surface area contributed by atoms with E-state index < -0.39 is 0 Å². The normalized spacial score (nSPS) is 14.7. The summed E-state index contributed by atoms with van der Waals surface area (Å²) in [7, 11) is 4.98. The van der Waals surface area contributed by atoms with Gasteiger partial charge in [-0.15, -0.1) is 0 Å². The highest BCUT2D eigenvalue weighted by Gasteiger charge is 2.19. The molecule has 0 unspecified atom stereocenters. The van der Waals surface area contributed by atoms with E-state index in [1.807, 2.05) is 19.1 Å². The molecule has 0 fully saturated rings. The SMILES string of the molecule is CN=C1NCNc2nc(Nc3cc(C)c(OC)c(OC)c3)[nH]c21. The van der Waals surface area contributed by atoms with Gasteiger partial charge in [-0.25, -0.2) is 0 Å². The van der Waals surface area contributed by atoms with Crippen LogP contribution in [0.3, 0.4) is 0 Å². The third kappa shape index (κ3) is 2.75. The molecule has 3 rings (SSSR count). The molecule has 2 aromatic rings. The minimum atomic E-state index is 0.597. The topological polar surface area (TPSA) is 95.6 Å². The number of nitrogens with one attached hydrogen (secondary N) is 4. The van der Waals surface area contributed by atoms with E-state index in [1.165, 1.54) is 0 Å². The number of aromatic amines is 1. The number of nitrogens with zero attached hydrogens (tertiary/aromatic N) is 2. The van der Waals surface area contributed by atoms with E-state index in [9.17, 15) is 0 Å². The van der Waals surface area contributed by atoms with Crippen LogP contribution in [-0.4, -0.2) is 43.7 Å². The Balaban J connectivity index is 1.91. The average Bonchev–Trinajstić information content (AvgIpc) is 2.96. The number of H-pyrrole nitrogens is 1. The van der Waals surface area contributed by atoms with Gasteiger partial charge in [-0.2, -0.15) is 4.98 Å². The Hall–Kier alpha value is -2.90. The minimum absolute atomic E-state index is 0.597. The van der Waals surface area contributed by atoms with Gasteiger partial charge in [-0.3, -0.25) is 4.99 Å². The van der Waals surface area contributed by atoms with Gasteiger partial charge in [0.05, 0.1) is 20.9 Å². The Labute approximate surface area is 134 Å². The van der Waals surface area contributed by atoms with Gasteiger partial charge < -0.3 is 30.4 Å². The lowest BCUT2D eigenvalue weighted by Gasteiger charge is -2.15. The fourth-order valence-corrected chi connectivity index (χ4v) is 2.59. The van der Waals surface area contributed by atoms with E-state index in [4.69, 9.17) is 9.47 Å². The maximum absolute atomic E-state index is 5.37. The molecule has 0 saturated heterocycles. The molecule has 0 aliphatic carbocycles. The first-order valence-electron chi connectivity index (χ1n) is 7.20. The van der Waals surface area contributed by atoms with Crippen molar-refractivity contribution >= 4 is 23.3 Å². The Morgan fingerprint density at radius 1 is 1.22 bits per heavy atom. The smallest absolute Gasteiger partial charge is 0.207 e. The lowest BCUT2D eigenvalue weighted by atomic mass is 10.2. The number of rotatable bonds is 4. The zero-order valence-corrected chi connectivity index (χ0v) is 13.6. The highest BCUT2D eigenvalue weighted by Crippen LogP contribution is 2.35. The number of ether oxygens (including phenoxy) is 2. The first-order valence-corrected chi connectivity index (χ1v) is 7.20. The number of imidazole rings is 1. The first-order chi connectivity index (χ1) is 11.2. The van der Waals surface area contributed by atoms with Crippen LogP contribution in [0.25, 0.3) is 0 Å². The van der Waals surface area contributed by atoms with Gasteiger partial charge in [0, 0.05) is 18.8 Å². The quantitative estimate of drug-likeness (QED) is 0.687. The lowest BCUT2D eigenvalue weighted by Crippen LogP contribution is -2.35. The number of aryl methyl sites for hydroxylation is 1. The predicted molar refractivity (Wildman–Crippen MR) is 90.2 cm³/mol. The number of anilines is 3. The van der Waals surface area contributed by atoms with Crippen molar-refractivity contribution in [3.8, 4) is 11.5 Å². The summed E-state index contributed by atoms with van der Waals surface area (Å²) in [4.78, 5) is 11.9. The second-order valence-corrected chi connectivity index (χ2v) is 5.07. The van der Waals surface area contributed by atoms with Crippen LogP contribution in [0.5, 0.6) is 11.5 Å². The maximum Gasteiger partial charge on any atom is 0.207 e. The zero-order chi connectivity index (χ0) is 16.4. The molecular formula is C15H20N6O2. The summed E-state index contributed by atoms with van der Waals surface area (Å²) in [5.74, 6) is 3.57. The number of aromatic nitrogens is 2. The second-order valence-electron chi connectivity index (χ2n) is 5.07. The minimum Gasteiger partial charge on any atom is -0.493 e. The molecule has 122 valence electrons. The van der Waals surface area contributed by atoms with Gasteiger partial charge in [0.15, 0.2) is 17.3 Å². The van der Waals surface area contributed by atoms with Gasteiger partial charge >= 0.3 is 0 Å². The van der Waals surface area contributed by atoms with Crippen molar-refractivity contribution in [3.05, 3.63) is 23.4 Å². The summed E-state index contributed by atoms with van der Waals surface area (Å²) in [6.45, 7) is 2.56.